The molecule has 0 aromatic carbocycles. The van der Waals surface area contributed by atoms with Crippen LogP contribution in [0.1, 0.15) is 32.1 Å². The number of carbonyl (C=O) groups is 2. The summed E-state index contributed by atoms with van der Waals surface area (Å²) in [6.45, 7) is 4.29. The summed E-state index contributed by atoms with van der Waals surface area (Å²) in [5.41, 5.74) is 5.42. The van der Waals surface area contributed by atoms with E-state index in [0.29, 0.717) is 19.6 Å². The van der Waals surface area contributed by atoms with Crippen LogP contribution in [0, 0.1) is 5.92 Å². The lowest BCUT2D eigenvalue weighted by Crippen LogP contribution is -2.49. The Balaban J connectivity index is 1.81. The third kappa shape index (κ3) is 3.85. The monoisotopic (exact) mass is 282 g/mol. The van der Waals surface area contributed by atoms with Gasteiger partial charge >= 0.3 is 6.03 Å². The average molecular weight is 282 g/mol. The number of hydrogen-bond acceptors (Lipinski definition) is 3. The second-order valence-corrected chi connectivity index (χ2v) is 5.70. The molecule has 0 aromatic heterocycles. The van der Waals surface area contributed by atoms with Crippen LogP contribution < -0.4 is 11.1 Å². The van der Waals surface area contributed by atoms with Crippen LogP contribution in [0.2, 0.25) is 0 Å². The Morgan fingerprint density at radius 3 is 2.50 bits per heavy atom. The summed E-state index contributed by atoms with van der Waals surface area (Å²) in [6, 6.07) is 0.113. The molecule has 0 spiro atoms. The number of piperidine rings is 1. The second kappa shape index (κ2) is 7.47. The minimum atomic E-state index is -0.0620. The molecule has 2 rings (SSSR count). The highest BCUT2D eigenvalue weighted by molar-refractivity contribution is 5.80. The Bertz CT molecular complexity index is 342. The van der Waals surface area contributed by atoms with Crippen molar-refractivity contribution in [3.8, 4) is 0 Å². The molecule has 114 valence electrons. The third-order valence-corrected chi connectivity index (χ3v) is 4.12. The molecule has 1 unspecified atom stereocenters. The van der Waals surface area contributed by atoms with E-state index in [-0.39, 0.29) is 17.9 Å². The van der Waals surface area contributed by atoms with Gasteiger partial charge in [0.25, 0.3) is 0 Å². The summed E-state index contributed by atoms with van der Waals surface area (Å²) in [6.07, 6.45) is 4.78. The first-order valence-corrected chi connectivity index (χ1v) is 7.74. The van der Waals surface area contributed by atoms with Gasteiger partial charge in [0.15, 0.2) is 0 Å². The molecule has 20 heavy (non-hydrogen) atoms. The maximum Gasteiger partial charge on any atom is 0.320 e. The van der Waals surface area contributed by atoms with Gasteiger partial charge in [-0.05, 0) is 38.6 Å². The molecular weight excluding hydrogens is 256 g/mol. The van der Waals surface area contributed by atoms with Crippen LogP contribution in [-0.4, -0.2) is 61.0 Å². The molecule has 3 amide bonds. The van der Waals surface area contributed by atoms with Crippen molar-refractivity contribution in [1.29, 1.82) is 0 Å². The molecule has 0 radical (unpaired) electrons. The molecule has 0 bridgehead atoms. The fraction of sp³-hybridized carbons (Fsp3) is 0.857. The van der Waals surface area contributed by atoms with E-state index in [1.807, 2.05) is 9.80 Å². The summed E-state index contributed by atoms with van der Waals surface area (Å²) in [5, 5.41) is 2.91. The van der Waals surface area contributed by atoms with Crippen LogP contribution in [0.5, 0.6) is 0 Å². The molecule has 0 aliphatic carbocycles. The predicted molar refractivity (Wildman–Crippen MR) is 77.2 cm³/mol. The van der Waals surface area contributed by atoms with Crippen molar-refractivity contribution in [2.45, 2.75) is 32.1 Å². The standard InChI is InChI=1S/C14H26N4O2/c15-6-4-7-16-13(19)12-5-3-10-18(11-12)14(20)17-8-1-2-9-17/h12H,1-11,15H2,(H,16,19). The van der Waals surface area contributed by atoms with Crippen molar-refractivity contribution in [1.82, 2.24) is 15.1 Å². The van der Waals surface area contributed by atoms with Gasteiger partial charge in [-0.1, -0.05) is 0 Å². The number of nitrogens with zero attached hydrogens (tertiary/aromatic N) is 2. The second-order valence-electron chi connectivity index (χ2n) is 5.70. The maximum atomic E-state index is 12.3. The minimum Gasteiger partial charge on any atom is -0.356 e. The van der Waals surface area contributed by atoms with Crippen molar-refractivity contribution in [2.24, 2.45) is 11.7 Å². The summed E-state index contributed by atoms with van der Waals surface area (Å²) < 4.78 is 0. The number of likely N-dealkylation sites (tertiary alicyclic amines) is 2. The topological polar surface area (TPSA) is 78.7 Å². The maximum absolute atomic E-state index is 12.3. The summed E-state index contributed by atoms with van der Waals surface area (Å²) in [4.78, 5) is 28.2. The first kappa shape index (κ1) is 15.1. The quantitative estimate of drug-likeness (QED) is 0.732. The summed E-state index contributed by atoms with van der Waals surface area (Å²) in [7, 11) is 0. The van der Waals surface area contributed by atoms with E-state index < -0.39 is 0 Å². The highest BCUT2D eigenvalue weighted by atomic mass is 16.2. The molecular formula is C14H26N4O2. The number of nitrogens with two attached hydrogens (primary N) is 1. The summed E-state index contributed by atoms with van der Waals surface area (Å²) in [5.74, 6) is 0.00505. The van der Waals surface area contributed by atoms with Gasteiger partial charge in [-0.3, -0.25) is 4.79 Å². The molecule has 2 aliphatic rings. The van der Waals surface area contributed by atoms with E-state index >= 15 is 0 Å². The van der Waals surface area contributed by atoms with Crippen LogP contribution in [0.3, 0.4) is 0 Å². The van der Waals surface area contributed by atoms with Crippen molar-refractivity contribution in [3.63, 3.8) is 0 Å². The van der Waals surface area contributed by atoms with Crippen molar-refractivity contribution in [2.75, 3.05) is 39.3 Å². The van der Waals surface area contributed by atoms with Gasteiger partial charge in [-0.15, -0.1) is 0 Å². The van der Waals surface area contributed by atoms with E-state index in [4.69, 9.17) is 5.73 Å². The van der Waals surface area contributed by atoms with Crippen LogP contribution in [0.4, 0.5) is 4.79 Å². The zero-order chi connectivity index (χ0) is 14.4. The molecule has 2 heterocycles. The molecule has 2 saturated heterocycles. The van der Waals surface area contributed by atoms with Gasteiger partial charge in [-0.2, -0.15) is 0 Å². The van der Waals surface area contributed by atoms with Crippen molar-refractivity contribution in [3.05, 3.63) is 0 Å². The Kier molecular flexibility index (Phi) is 5.64. The molecule has 2 fully saturated rings. The van der Waals surface area contributed by atoms with Gasteiger partial charge in [0.05, 0.1) is 5.92 Å². The van der Waals surface area contributed by atoms with Crippen LogP contribution in [0.15, 0.2) is 0 Å². The highest BCUT2D eigenvalue weighted by Crippen LogP contribution is 2.19. The number of rotatable bonds is 4. The fourth-order valence-electron chi connectivity index (χ4n) is 2.93. The smallest absolute Gasteiger partial charge is 0.320 e. The lowest BCUT2D eigenvalue weighted by atomic mass is 9.97. The summed E-state index contributed by atoms with van der Waals surface area (Å²) >= 11 is 0. The SMILES string of the molecule is NCCCNC(=O)C1CCCN(C(=O)N2CCCC2)C1. The predicted octanol–water partition coefficient (Wildman–Crippen LogP) is 0.379. The van der Waals surface area contributed by atoms with Gasteiger partial charge in [0, 0.05) is 32.7 Å². The first-order chi connectivity index (χ1) is 9.72. The van der Waals surface area contributed by atoms with Gasteiger partial charge in [0.1, 0.15) is 0 Å². The third-order valence-electron chi connectivity index (χ3n) is 4.12. The Morgan fingerprint density at radius 1 is 1.10 bits per heavy atom. The first-order valence-electron chi connectivity index (χ1n) is 7.74. The van der Waals surface area contributed by atoms with E-state index in [1.165, 1.54) is 0 Å². The number of nitrogens with one attached hydrogen (secondary N) is 1. The van der Waals surface area contributed by atoms with E-state index in [9.17, 15) is 9.59 Å². The largest absolute Gasteiger partial charge is 0.356 e. The van der Waals surface area contributed by atoms with E-state index in [2.05, 4.69) is 5.32 Å². The number of urea groups is 1. The van der Waals surface area contributed by atoms with E-state index in [0.717, 1.165) is 51.7 Å². The molecule has 6 heteroatoms. The molecule has 6 nitrogen and oxygen atoms in total. The minimum absolute atomic E-state index is 0.0620. The number of hydrogen-bond donors (Lipinski definition) is 2. The fourth-order valence-corrected chi connectivity index (χ4v) is 2.93. The van der Waals surface area contributed by atoms with Gasteiger partial charge < -0.3 is 20.9 Å². The number of amides is 3. The Labute approximate surface area is 120 Å². The zero-order valence-electron chi connectivity index (χ0n) is 12.1. The van der Waals surface area contributed by atoms with Crippen LogP contribution in [0.25, 0.3) is 0 Å². The van der Waals surface area contributed by atoms with Crippen molar-refractivity contribution >= 4 is 11.9 Å². The Hall–Kier alpha value is -1.30. The highest BCUT2D eigenvalue weighted by Gasteiger charge is 2.31. The molecule has 1 atom stereocenters. The average Bonchev–Trinajstić information content (AvgIpc) is 3.01. The lowest BCUT2D eigenvalue weighted by molar-refractivity contribution is -0.126. The van der Waals surface area contributed by atoms with E-state index in [1.54, 1.807) is 0 Å². The van der Waals surface area contributed by atoms with Crippen LogP contribution >= 0.6 is 0 Å². The van der Waals surface area contributed by atoms with Gasteiger partial charge in [-0.25, -0.2) is 4.79 Å². The number of carbonyl (C=O) groups excluding carboxylic acids is 2. The van der Waals surface area contributed by atoms with Gasteiger partial charge in [0.2, 0.25) is 5.91 Å². The molecule has 0 saturated carbocycles. The molecule has 3 N–H and O–H groups in total. The molecule has 2 aliphatic heterocycles. The Morgan fingerprint density at radius 2 is 1.80 bits per heavy atom. The lowest BCUT2D eigenvalue weighted by Gasteiger charge is -2.34. The molecule has 0 aromatic rings. The van der Waals surface area contributed by atoms with Crippen molar-refractivity contribution < 1.29 is 9.59 Å². The van der Waals surface area contributed by atoms with Crippen LogP contribution in [-0.2, 0) is 4.79 Å². The zero-order valence-corrected chi connectivity index (χ0v) is 12.1. The normalized spacial score (nSPS) is 22.9.